The highest BCUT2D eigenvalue weighted by molar-refractivity contribution is 6.02. The van der Waals surface area contributed by atoms with Gasteiger partial charge in [-0.05, 0) is 43.2 Å². The van der Waals surface area contributed by atoms with Gasteiger partial charge >= 0.3 is 0 Å². The van der Waals surface area contributed by atoms with Crippen LogP contribution < -0.4 is 15.4 Å². The number of fused-ring (bicyclic) bond motifs is 1. The summed E-state index contributed by atoms with van der Waals surface area (Å²) in [6.45, 7) is 6.84. The molecule has 2 saturated heterocycles. The molecule has 0 radical (unpaired) electrons. The Balaban J connectivity index is 1.43. The molecule has 5 rings (SSSR count). The number of nitrogens with zero attached hydrogens (tertiary/aromatic N) is 1. The third kappa shape index (κ3) is 4.54. The topological polar surface area (TPSA) is 97.0 Å². The summed E-state index contributed by atoms with van der Waals surface area (Å²) in [6, 6.07) is 6.44. The summed E-state index contributed by atoms with van der Waals surface area (Å²) >= 11 is 0. The Morgan fingerprint density at radius 3 is 2.73 bits per heavy atom. The van der Waals surface area contributed by atoms with Crippen molar-refractivity contribution in [2.75, 3.05) is 19.0 Å². The van der Waals surface area contributed by atoms with E-state index in [0.717, 1.165) is 25.7 Å². The minimum atomic E-state index is -1.13. The zero-order valence-electron chi connectivity index (χ0n) is 22.2. The first kappa shape index (κ1) is 25.8. The van der Waals surface area contributed by atoms with Gasteiger partial charge in [0.2, 0.25) is 17.7 Å². The molecule has 1 aromatic rings. The van der Waals surface area contributed by atoms with Gasteiger partial charge in [-0.2, -0.15) is 0 Å². The molecule has 3 heterocycles. The summed E-state index contributed by atoms with van der Waals surface area (Å²) in [6.07, 6.45) is 8.26. The van der Waals surface area contributed by atoms with Crippen LogP contribution in [0, 0.1) is 23.7 Å². The van der Waals surface area contributed by atoms with Gasteiger partial charge in [0.25, 0.3) is 0 Å². The fourth-order valence-electron chi connectivity index (χ4n) is 6.62. The van der Waals surface area contributed by atoms with Gasteiger partial charge in [-0.15, -0.1) is 0 Å². The second kappa shape index (κ2) is 10.1. The molecule has 8 nitrogen and oxygen atoms in total. The molecule has 7 atom stereocenters. The Hall–Kier alpha value is -2.87. The maximum absolute atomic E-state index is 14.0. The van der Waals surface area contributed by atoms with E-state index >= 15 is 0 Å². The Labute approximate surface area is 219 Å². The van der Waals surface area contributed by atoms with Gasteiger partial charge < -0.3 is 25.0 Å². The first-order chi connectivity index (χ1) is 17.7. The van der Waals surface area contributed by atoms with Crippen molar-refractivity contribution in [1.82, 2.24) is 10.2 Å². The summed E-state index contributed by atoms with van der Waals surface area (Å²) in [5.74, 6) is -0.681. The van der Waals surface area contributed by atoms with E-state index < -0.39 is 29.6 Å². The lowest BCUT2D eigenvalue weighted by Gasteiger charge is -2.36. The van der Waals surface area contributed by atoms with E-state index in [1.807, 2.05) is 12.2 Å². The van der Waals surface area contributed by atoms with Crippen LogP contribution in [0.5, 0.6) is 5.75 Å². The number of anilines is 1. The van der Waals surface area contributed by atoms with Gasteiger partial charge in [0, 0.05) is 24.3 Å². The fraction of sp³-hybridized carbons (Fsp3) is 0.621. The molecular weight excluding hydrogens is 470 g/mol. The number of hydrogen-bond donors (Lipinski definition) is 2. The van der Waals surface area contributed by atoms with Crippen LogP contribution in [-0.4, -0.2) is 60.1 Å². The highest BCUT2D eigenvalue weighted by Crippen LogP contribution is 2.55. The number of nitrogens with one attached hydrogen (secondary N) is 2. The van der Waals surface area contributed by atoms with Crippen LogP contribution in [0.3, 0.4) is 0 Å². The number of amides is 3. The van der Waals surface area contributed by atoms with Crippen LogP contribution in [0.15, 0.2) is 36.4 Å². The normalized spacial score (nSPS) is 34.1. The SMILES string of the molecule is COc1cccc(NC(=O)[C@H]2[C@H]3C=C[C@@]4(O3)[C@H]2C(=O)N(CCC(C)C)[C@@H]4C(=O)N[C@H]2CCCC[C@H]2C)c1. The first-order valence-electron chi connectivity index (χ1n) is 13.7. The molecular formula is C29H39N3O5. The number of benzene rings is 1. The van der Waals surface area contributed by atoms with Gasteiger partial charge in [0.05, 0.1) is 25.0 Å². The second-order valence-corrected chi connectivity index (χ2v) is 11.5. The Bertz CT molecular complexity index is 1090. The molecule has 2 bridgehead atoms. The van der Waals surface area contributed by atoms with Gasteiger partial charge in [-0.3, -0.25) is 14.4 Å². The van der Waals surface area contributed by atoms with Crippen molar-refractivity contribution < 1.29 is 23.9 Å². The van der Waals surface area contributed by atoms with E-state index in [2.05, 4.69) is 31.4 Å². The van der Waals surface area contributed by atoms with Crippen molar-refractivity contribution in [2.45, 2.75) is 76.7 Å². The van der Waals surface area contributed by atoms with E-state index in [0.29, 0.717) is 29.8 Å². The van der Waals surface area contributed by atoms with Crippen LogP contribution in [0.25, 0.3) is 0 Å². The van der Waals surface area contributed by atoms with Crippen molar-refractivity contribution in [3.8, 4) is 5.75 Å². The summed E-state index contributed by atoms with van der Waals surface area (Å²) in [5.41, 5.74) is -0.537. The number of rotatable bonds is 8. The Morgan fingerprint density at radius 2 is 2.00 bits per heavy atom. The third-order valence-electron chi connectivity index (χ3n) is 8.65. The molecule has 3 aliphatic heterocycles. The minimum Gasteiger partial charge on any atom is -0.497 e. The molecule has 200 valence electrons. The fourth-order valence-corrected chi connectivity index (χ4v) is 6.62. The average molecular weight is 510 g/mol. The molecule has 3 amide bonds. The van der Waals surface area contributed by atoms with Crippen LogP contribution in [-0.2, 0) is 19.1 Å². The lowest BCUT2D eigenvalue weighted by atomic mass is 9.74. The second-order valence-electron chi connectivity index (χ2n) is 11.5. The van der Waals surface area contributed by atoms with E-state index in [1.165, 1.54) is 6.42 Å². The van der Waals surface area contributed by atoms with E-state index in [-0.39, 0.29) is 23.8 Å². The zero-order valence-corrected chi connectivity index (χ0v) is 22.2. The molecule has 4 aliphatic rings. The lowest BCUT2D eigenvalue weighted by molar-refractivity contribution is -0.141. The molecule has 8 heteroatoms. The predicted octanol–water partition coefficient (Wildman–Crippen LogP) is 3.53. The maximum atomic E-state index is 14.0. The van der Waals surface area contributed by atoms with Gasteiger partial charge in [0.1, 0.15) is 17.4 Å². The average Bonchev–Trinajstić information content (AvgIpc) is 3.51. The molecule has 37 heavy (non-hydrogen) atoms. The van der Waals surface area contributed by atoms with E-state index in [1.54, 1.807) is 36.3 Å². The molecule has 3 fully saturated rings. The van der Waals surface area contributed by atoms with Crippen LogP contribution in [0.1, 0.15) is 52.9 Å². The van der Waals surface area contributed by atoms with Crippen molar-refractivity contribution in [3.05, 3.63) is 36.4 Å². The number of hydrogen-bond acceptors (Lipinski definition) is 5. The number of ether oxygens (including phenoxy) is 2. The van der Waals surface area contributed by atoms with Crippen molar-refractivity contribution >= 4 is 23.4 Å². The highest BCUT2D eigenvalue weighted by Gasteiger charge is 2.72. The van der Waals surface area contributed by atoms with Crippen molar-refractivity contribution in [2.24, 2.45) is 23.7 Å². The molecule has 1 aliphatic carbocycles. The Morgan fingerprint density at radius 1 is 1.22 bits per heavy atom. The summed E-state index contributed by atoms with van der Waals surface area (Å²) in [5, 5.41) is 6.22. The van der Waals surface area contributed by atoms with Gasteiger partial charge in [-0.1, -0.05) is 51.8 Å². The summed E-state index contributed by atoms with van der Waals surface area (Å²) < 4.78 is 11.7. The predicted molar refractivity (Wildman–Crippen MR) is 140 cm³/mol. The van der Waals surface area contributed by atoms with Crippen LogP contribution in [0.4, 0.5) is 5.69 Å². The van der Waals surface area contributed by atoms with E-state index in [4.69, 9.17) is 9.47 Å². The first-order valence-corrected chi connectivity index (χ1v) is 13.7. The number of methoxy groups -OCH3 is 1. The summed E-state index contributed by atoms with van der Waals surface area (Å²) in [7, 11) is 1.57. The van der Waals surface area contributed by atoms with Gasteiger partial charge in [-0.25, -0.2) is 0 Å². The lowest BCUT2D eigenvalue weighted by Crippen LogP contribution is -2.57. The number of carbonyl (C=O) groups excluding carboxylic acids is 3. The molecule has 1 spiro atoms. The number of carbonyl (C=O) groups is 3. The molecule has 2 N–H and O–H groups in total. The third-order valence-corrected chi connectivity index (χ3v) is 8.65. The molecule has 0 aromatic heterocycles. The maximum Gasteiger partial charge on any atom is 0.246 e. The standard InChI is InChI=1S/C29H39N3O5/c1-17(2)13-15-32-25(27(34)31-21-11-6-5-8-18(21)3)29-14-12-22(37-29)23(24(29)28(32)35)26(33)30-19-9-7-10-20(16-19)36-4/h7,9-10,12,14,16-18,21-25H,5-6,8,11,13,15H2,1-4H3,(H,30,33)(H,31,34)/t18-,21+,22-,23+,24-,25-,29-/m1/s1. The Kier molecular flexibility index (Phi) is 7.05. The van der Waals surface area contributed by atoms with Gasteiger partial charge in [0.15, 0.2) is 0 Å². The summed E-state index contributed by atoms with van der Waals surface area (Å²) in [4.78, 5) is 43.1. The quantitative estimate of drug-likeness (QED) is 0.523. The molecule has 0 unspecified atom stereocenters. The number of likely N-dealkylation sites (tertiary alicyclic amines) is 1. The minimum absolute atomic E-state index is 0.0912. The highest BCUT2D eigenvalue weighted by atomic mass is 16.5. The van der Waals surface area contributed by atoms with Crippen molar-refractivity contribution in [1.29, 1.82) is 0 Å². The van der Waals surface area contributed by atoms with Crippen LogP contribution >= 0.6 is 0 Å². The smallest absolute Gasteiger partial charge is 0.246 e. The molecule has 1 aromatic carbocycles. The van der Waals surface area contributed by atoms with E-state index in [9.17, 15) is 14.4 Å². The van der Waals surface area contributed by atoms with Crippen LogP contribution in [0.2, 0.25) is 0 Å². The monoisotopic (exact) mass is 509 g/mol. The van der Waals surface area contributed by atoms with Crippen molar-refractivity contribution in [3.63, 3.8) is 0 Å². The zero-order chi connectivity index (χ0) is 26.3. The largest absolute Gasteiger partial charge is 0.497 e. The molecule has 1 saturated carbocycles.